The smallest absolute Gasteiger partial charge is 0.227 e. The lowest BCUT2D eigenvalue weighted by Gasteiger charge is -2.40. The SMILES string of the molecule is c1ccc(C2=NC(c3ccccc3-c3ccccc3)(C3(c4ccccc4-c4ccccc4)N=C(c4ccccc4)C(c4ccccc4)=N3)N=C2c2ccccc2)cc1. The summed E-state index contributed by atoms with van der Waals surface area (Å²) in [5.41, 5.74) is 10.0. The van der Waals surface area contributed by atoms with E-state index < -0.39 is 11.3 Å². The Labute approximate surface area is 339 Å². The zero-order valence-corrected chi connectivity index (χ0v) is 31.7. The van der Waals surface area contributed by atoms with E-state index in [0.717, 1.165) is 78.5 Å². The third-order valence-corrected chi connectivity index (χ3v) is 11.0. The van der Waals surface area contributed by atoms with Crippen LogP contribution in [0, 0.1) is 0 Å². The Balaban J connectivity index is 1.42. The monoisotopic (exact) mass is 742 g/mol. The average Bonchev–Trinajstić information content (AvgIpc) is 3.94. The van der Waals surface area contributed by atoms with Gasteiger partial charge < -0.3 is 0 Å². The van der Waals surface area contributed by atoms with Crippen LogP contribution in [-0.4, -0.2) is 22.8 Å². The number of hydrogen-bond donors (Lipinski definition) is 0. The van der Waals surface area contributed by atoms with Gasteiger partial charge in [-0.2, -0.15) is 0 Å². The van der Waals surface area contributed by atoms with Crippen LogP contribution in [0.25, 0.3) is 22.3 Å². The first-order chi connectivity index (χ1) is 28.7. The molecular formula is C54H38N4. The molecule has 0 bridgehead atoms. The number of rotatable bonds is 9. The van der Waals surface area contributed by atoms with Gasteiger partial charge in [-0.25, -0.2) is 20.0 Å². The zero-order valence-electron chi connectivity index (χ0n) is 31.7. The molecule has 0 aromatic heterocycles. The summed E-state index contributed by atoms with van der Waals surface area (Å²) in [7, 11) is 0. The Kier molecular flexibility index (Phi) is 8.92. The predicted molar refractivity (Wildman–Crippen MR) is 239 cm³/mol. The van der Waals surface area contributed by atoms with E-state index in [4.69, 9.17) is 20.0 Å². The van der Waals surface area contributed by atoms with Crippen LogP contribution in [0.4, 0.5) is 0 Å². The minimum Gasteiger partial charge on any atom is -0.243 e. The van der Waals surface area contributed by atoms with Gasteiger partial charge in [-0.15, -0.1) is 0 Å². The molecule has 0 radical (unpaired) electrons. The van der Waals surface area contributed by atoms with Gasteiger partial charge >= 0.3 is 0 Å². The number of benzene rings is 8. The van der Waals surface area contributed by atoms with Crippen molar-refractivity contribution >= 4 is 22.8 Å². The Morgan fingerprint density at radius 2 is 0.414 bits per heavy atom. The van der Waals surface area contributed by atoms with Gasteiger partial charge in [0.05, 0.1) is 22.8 Å². The van der Waals surface area contributed by atoms with Crippen LogP contribution >= 0.6 is 0 Å². The molecule has 8 aromatic rings. The van der Waals surface area contributed by atoms with Crippen molar-refractivity contribution in [3.63, 3.8) is 0 Å². The van der Waals surface area contributed by atoms with Gasteiger partial charge in [0.15, 0.2) is 0 Å². The molecule has 2 aliphatic heterocycles. The number of nitrogens with zero attached hydrogens (tertiary/aromatic N) is 4. The van der Waals surface area contributed by atoms with Gasteiger partial charge in [0, 0.05) is 33.4 Å². The molecule has 0 saturated heterocycles. The van der Waals surface area contributed by atoms with Crippen LogP contribution in [0.15, 0.2) is 250 Å². The molecule has 0 N–H and O–H groups in total. The second kappa shape index (κ2) is 14.8. The summed E-state index contributed by atoms with van der Waals surface area (Å²) >= 11 is 0. The van der Waals surface area contributed by atoms with E-state index in [1.54, 1.807) is 0 Å². The Morgan fingerprint density at radius 1 is 0.207 bits per heavy atom. The lowest BCUT2D eigenvalue weighted by Crippen LogP contribution is -2.44. The van der Waals surface area contributed by atoms with E-state index in [0.29, 0.717) is 0 Å². The van der Waals surface area contributed by atoms with Crippen molar-refractivity contribution in [3.8, 4) is 22.3 Å². The minimum atomic E-state index is -1.45. The highest BCUT2D eigenvalue weighted by atomic mass is 15.3. The molecule has 8 aromatic carbocycles. The van der Waals surface area contributed by atoms with E-state index in [1.165, 1.54) is 0 Å². The summed E-state index contributed by atoms with van der Waals surface area (Å²) in [5, 5.41) is 0. The highest BCUT2D eigenvalue weighted by Gasteiger charge is 2.61. The molecule has 2 aliphatic rings. The summed E-state index contributed by atoms with van der Waals surface area (Å²) in [6.45, 7) is 0. The number of hydrogen-bond acceptors (Lipinski definition) is 4. The van der Waals surface area contributed by atoms with Crippen LogP contribution in [0.3, 0.4) is 0 Å². The molecule has 58 heavy (non-hydrogen) atoms. The first-order valence-corrected chi connectivity index (χ1v) is 19.7. The second-order valence-corrected chi connectivity index (χ2v) is 14.5. The van der Waals surface area contributed by atoms with Crippen LogP contribution in [0.5, 0.6) is 0 Å². The van der Waals surface area contributed by atoms with E-state index in [-0.39, 0.29) is 0 Å². The van der Waals surface area contributed by atoms with Gasteiger partial charge in [0.25, 0.3) is 0 Å². The van der Waals surface area contributed by atoms with Gasteiger partial charge in [-0.1, -0.05) is 231 Å². The summed E-state index contributed by atoms with van der Waals surface area (Å²) in [5.74, 6) is 0. The summed E-state index contributed by atoms with van der Waals surface area (Å²) in [4.78, 5) is 24.1. The molecule has 274 valence electrons. The molecule has 0 spiro atoms. The fourth-order valence-corrected chi connectivity index (χ4v) is 8.34. The minimum absolute atomic E-state index is 0.783. The van der Waals surface area contributed by atoms with Gasteiger partial charge in [0.1, 0.15) is 0 Å². The molecule has 0 unspecified atom stereocenters. The number of aliphatic imine (C=N–C) groups is 4. The molecule has 4 heteroatoms. The van der Waals surface area contributed by atoms with Crippen LogP contribution in [0.1, 0.15) is 33.4 Å². The van der Waals surface area contributed by atoms with Crippen molar-refractivity contribution in [2.24, 2.45) is 20.0 Å². The molecular weight excluding hydrogens is 705 g/mol. The van der Waals surface area contributed by atoms with Crippen molar-refractivity contribution < 1.29 is 0 Å². The molecule has 0 saturated carbocycles. The quantitative estimate of drug-likeness (QED) is 0.141. The maximum atomic E-state index is 6.02. The lowest BCUT2D eigenvalue weighted by molar-refractivity contribution is 0.258. The van der Waals surface area contributed by atoms with Crippen molar-refractivity contribution in [1.29, 1.82) is 0 Å². The molecule has 0 atom stereocenters. The van der Waals surface area contributed by atoms with Crippen molar-refractivity contribution in [3.05, 3.63) is 264 Å². The molecule has 0 aliphatic carbocycles. The predicted octanol–water partition coefficient (Wildman–Crippen LogP) is 12.0. The van der Waals surface area contributed by atoms with Crippen LogP contribution in [0.2, 0.25) is 0 Å². The third kappa shape index (κ3) is 5.94. The topological polar surface area (TPSA) is 49.4 Å². The highest BCUT2D eigenvalue weighted by molar-refractivity contribution is 6.56. The molecule has 0 fully saturated rings. The summed E-state index contributed by atoms with van der Waals surface area (Å²) < 4.78 is 0. The third-order valence-electron chi connectivity index (χ3n) is 11.0. The molecule has 2 heterocycles. The highest BCUT2D eigenvalue weighted by Crippen LogP contribution is 2.57. The van der Waals surface area contributed by atoms with Crippen molar-refractivity contribution in [1.82, 2.24) is 0 Å². The van der Waals surface area contributed by atoms with Crippen LogP contribution < -0.4 is 0 Å². The first-order valence-electron chi connectivity index (χ1n) is 19.7. The lowest BCUT2D eigenvalue weighted by atomic mass is 9.77. The second-order valence-electron chi connectivity index (χ2n) is 14.5. The average molecular weight is 743 g/mol. The summed E-state index contributed by atoms with van der Waals surface area (Å²) in [6, 6.07) is 79.7. The van der Waals surface area contributed by atoms with E-state index in [9.17, 15) is 0 Å². The van der Waals surface area contributed by atoms with Crippen molar-refractivity contribution in [2.45, 2.75) is 11.3 Å². The maximum absolute atomic E-state index is 6.02. The fraction of sp³-hybridized carbons (Fsp3) is 0.0370. The molecule has 4 nitrogen and oxygen atoms in total. The fourth-order valence-electron chi connectivity index (χ4n) is 8.34. The van der Waals surface area contributed by atoms with E-state index in [1.807, 2.05) is 24.3 Å². The van der Waals surface area contributed by atoms with E-state index in [2.05, 4.69) is 206 Å². The van der Waals surface area contributed by atoms with E-state index >= 15 is 0 Å². The van der Waals surface area contributed by atoms with Gasteiger partial charge in [0.2, 0.25) is 11.3 Å². The van der Waals surface area contributed by atoms with Crippen molar-refractivity contribution in [2.75, 3.05) is 0 Å². The molecule has 0 amide bonds. The Morgan fingerprint density at radius 3 is 0.672 bits per heavy atom. The largest absolute Gasteiger partial charge is 0.243 e. The normalized spacial score (nSPS) is 15.2. The zero-order chi connectivity index (χ0) is 38.8. The standard InChI is InChI=1S/C54H38N4/c1-7-23-39(24-8-1)45-35-19-21-37-47(45)53(55-49(41-27-11-3-12-28-41)50(56-53)42-29-13-4-14-30-42)54(48-38-22-20-36-46(48)40-25-9-2-10-26-40)57-51(43-31-15-5-16-32-43)52(58-54)44-33-17-6-18-34-44/h1-38H. The maximum Gasteiger partial charge on any atom is 0.227 e. The Hall–Kier alpha value is -7.56. The summed E-state index contributed by atoms with van der Waals surface area (Å²) in [6.07, 6.45) is 0. The Bertz CT molecular complexity index is 2540. The van der Waals surface area contributed by atoms with Gasteiger partial charge in [-0.3, -0.25) is 0 Å². The molecule has 10 rings (SSSR count). The van der Waals surface area contributed by atoms with Gasteiger partial charge in [-0.05, 0) is 22.3 Å². The van der Waals surface area contributed by atoms with Crippen LogP contribution in [-0.2, 0) is 11.3 Å². The first kappa shape index (κ1) is 34.9.